The van der Waals surface area contributed by atoms with Crippen LogP contribution in [0.4, 0.5) is 0 Å². The third-order valence-electron chi connectivity index (χ3n) is 3.99. The van der Waals surface area contributed by atoms with E-state index in [4.69, 9.17) is 5.73 Å². The molecule has 2 rings (SSSR count). The van der Waals surface area contributed by atoms with Crippen LogP contribution in [0.3, 0.4) is 0 Å². The Morgan fingerprint density at radius 2 is 1.54 bits per heavy atom. The summed E-state index contributed by atoms with van der Waals surface area (Å²) in [4.78, 5) is 0. The normalized spacial score (nSPS) is 12.7. The van der Waals surface area contributed by atoms with Crippen LogP contribution in [0.15, 0.2) is 12.1 Å². The first-order chi connectivity index (χ1) is 11.0. The van der Waals surface area contributed by atoms with Gasteiger partial charge in [-0.05, 0) is 54.0 Å². The Hall–Kier alpha value is -1.33. The van der Waals surface area contributed by atoms with Gasteiger partial charge in [-0.2, -0.15) is 4.57 Å². The monoisotopic (exact) mass is 347 g/mol. The predicted octanol–water partition coefficient (Wildman–Crippen LogP) is 3.61. The minimum atomic E-state index is 0.0229. The van der Waals surface area contributed by atoms with Gasteiger partial charge in [-0.25, -0.2) is 0 Å². The lowest BCUT2D eigenvalue weighted by atomic mass is 9.86. The van der Waals surface area contributed by atoms with Crippen molar-refractivity contribution in [2.75, 3.05) is 6.54 Å². The molecule has 0 saturated carbocycles. The van der Waals surface area contributed by atoms with Crippen molar-refractivity contribution in [1.29, 1.82) is 0 Å². The van der Waals surface area contributed by atoms with Gasteiger partial charge in [0.2, 0.25) is 0 Å². The van der Waals surface area contributed by atoms with Crippen LogP contribution >= 0.6 is 11.3 Å². The summed E-state index contributed by atoms with van der Waals surface area (Å²) in [5, 5.41) is 10.9. The predicted molar refractivity (Wildman–Crippen MR) is 101 cm³/mol. The summed E-state index contributed by atoms with van der Waals surface area (Å²) in [6.45, 7) is 16.4. The highest BCUT2D eigenvalue weighted by molar-refractivity contribution is 7.13. The maximum absolute atomic E-state index is 5.62. The van der Waals surface area contributed by atoms with Gasteiger partial charge >= 0.3 is 5.13 Å². The number of hydrogen-bond acceptors (Lipinski definition) is 4. The number of pyridine rings is 1. The molecule has 2 aromatic heterocycles. The first kappa shape index (κ1) is 19.0. The van der Waals surface area contributed by atoms with Crippen LogP contribution < -0.4 is 10.3 Å². The van der Waals surface area contributed by atoms with E-state index in [0.29, 0.717) is 6.54 Å². The third-order valence-corrected chi connectivity index (χ3v) is 4.96. The van der Waals surface area contributed by atoms with E-state index < -0.39 is 0 Å². The fourth-order valence-electron chi connectivity index (χ4n) is 2.73. The largest absolute Gasteiger partial charge is 0.415 e. The van der Waals surface area contributed by atoms with E-state index in [9.17, 15) is 0 Å². The van der Waals surface area contributed by atoms with E-state index >= 15 is 0 Å². The average Bonchev–Trinajstić information content (AvgIpc) is 2.90. The molecule has 0 fully saturated rings. The highest BCUT2D eigenvalue weighted by atomic mass is 32.1. The van der Waals surface area contributed by atoms with Crippen LogP contribution in [0.1, 0.15) is 69.9 Å². The number of hydrogen-bond donors (Lipinski definition) is 1. The molecule has 2 N–H and O–H groups in total. The molecule has 0 aliphatic carbocycles. The van der Waals surface area contributed by atoms with Crippen molar-refractivity contribution >= 4 is 11.3 Å². The Kier molecular flexibility index (Phi) is 5.45. The van der Waals surface area contributed by atoms with Crippen molar-refractivity contribution in [2.24, 2.45) is 5.73 Å². The van der Waals surface area contributed by atoms with E-state index in [-0.39, 0.29) is 10.8 Å². The van der Waals surface area contributed by atoms with Crippen molar-refractivity contribution in [2.45, 2.75) is 72.1 Å². The van der Waals surface area contributed by atoms with Crippen LogP contribution in [-0.2, 0) is 17.3 Å². The zero-order chi connectivity index (χ0) is 18.1. The Labute approximate surface area is 150 Å². The van der Waals surface area contributed by atoms with Crippen molar-refractivity contribution < 1.29 is 4.57 Å². The van der Waals surface area contributed by atoms with E-state index in [0.717, 1.165) is 23.0 Å². The molecule has 4 nitrogen and oxygen atoms in total. The molecule has 5 heteroatoms. The smallest absolute Gasteiger partial charge is 0.330 e. The fraction of sp³-hybridized carbons (Fsp3) is 0.632. The maximum Gasteiger partial charge on any atom is 0.415 e. The van der Waals surface area contributed by atoms with Gasteiger partial charge in [0, 0.05) is 17.3 Å². The zero-order valence-electron chi connectivity index (χ0n) is 16.1. The molecule has 0 amide bonds. The molecule has 0 aliphatic heterocycles. The number of nitrogens with two attached hydrogens (primary N) is 1. The van der Waals surface area contributed by atoms with Crippen molar-refractivity contribution in [3.63, 3.8) is 0 Å². The summed E-state index contributed by atoms with van der Waals surface area (Å²) in [7, 11) is 0. The van der Waals surface area contributed by atoms with Gasteiger partial charge in [0.1, 0.15) is 16.4 Å². The van der Waals surface area contributed by atoms with Gasteiger partial charge in [-0.3, -0.25) is 0 Å². The van der Waals surface area contributed by atoms with Crippen LogP contribution in [0.2, 0.25) is 0 Å². The minimum Gasteiger partial charge on any atom is -0.330 e. The standard InChI is InChI=1S/C19H31N4S/c1-13-11-14(18(2,3)4)23(15(12-13)19(5,6)7)17-22-21-16(24-17)9-8-10-20/h11-12H,8-10,20H2,1-7H3/q+1. The van der Waals surface area contributed by atoms with Crippen LogP contribution in [0.25, 0.3) is 5.13 Å². The second-order valence-electron chi connectivity index (χ2n) is 8.51. The number of aryl methyl sites for hydroxylation is 2. The lowest BCUT2D eigenvalue weighted by molar-refractivity contribution is -0.620. The third kappa shape index (κ3) is 4.19. The second-order valence-corrected chi connectivity index (χ2v) is 9.55. The Balaban J connectivity index is 2.68. The molecule has 0 saturated heterocycles. The molecule has 0 spiro atoms. The topological polar surface area (TPSA) is 55.7 Å². The highest BCUT2D eigenvalue weighted by Gasteiger charge is 2.33. The molecule has 0 aromatic carbocycles. The summed E-state index contributed by atoms with van der Waals surface area (Å²) in [6.07, 6.45) is 1.85. The second kappa shape index (κ2) is 6.89. The first-order valence-corrected chi connectivity index (χ1v) is 9.46. The molecule has 24 heavy (non-hydrogen) atoms. The van der Waals surface area contributed by atoms with Crippen LogP contribution in [-0.4, -0.2) is 16.7 Å². The van der Waals surface area contributed by atoms with Gasteiger partial charge < -0.3 is 5.73 Å². The molecule has 132 valence electrons. The summed E-state index contributed by atoms with van der Waals surface area (Å²) in [5.74, 6) is 0. The van der Waals surface area contributed by atoms with E-state index in [2.05, 4.69) is 75.4 Å². The van der Waals surface area contributed by atoms with Crippen molar-refractivity contribution in [3.8, 4) is 5.13 Å². The van der Waals surface area contributed by atoms with Gasteiger partial charge in [0.05, 0.1) is 5.10 Å². The molecule has 0 atom stereocenters. The van der Waals surface area contributed by atoms with Crippen molar-refractivity contribution in [1.82, 2.24) is 10.2 Å². The summed E-state index contributed by atoms with van der Waals surface area (Å²) < 4.78 is 2.32. The lowest BCUT2D eigenvalue weighted by Crippen LogP contribution is -2.48. The number of aromatic nitrogens is 3. The summed E-state index contributed by atoms with van der Waals surface area (Å²) in [6, 6.07) is 4.55. The maximum atomic E-state index is 5.62. The quantitative estimate of drug-likeness (QED) is 0.860. The Morgan fingerprint density at radius 1 is 1.00 bits per heavy atom. The highest BCUT2D eigenvalue weighted by Crippen LogP contribution is 2.28. The zero-order valence-corrected chi connectivity index (χ0v) is 16.9. The average molecular weight is 348 g/mol. The SMILES string of the molecule is Cc1cc(C(C)(C)C)[n+](-c2nnc(CCCN)s2)c(C(C)(C)C)c1. The van der Waals surface area contributed by atoms with Gasteiger partial charge in [0.15, 0.2) is 0 Å². The minimum absolute atomic E-state index is 0.0229. The molecular formula is C19H31N4S+. The molecular weight excluding hydrogens is 316 g/mol. The number of rotatable bonds is 4. The van der Waals surface area contributed by atoms with Gasteiger partial charge in [0.25, 0.3) is 0 Å². The van der Waals surface area contributed by atoms with E-state index in [1.807, 2.05) is 0 Å². The van der Waals surface area contributed by atoms with Crippen molar-refractivity contribution in [3.05, 3.63) is 34.1 Å². The van der Waals surface area contributed by atoms with Gasteiger partial charge in [-0.1, -0.05) is 41.5 Å². The Bertz CT molecular complexity index is 670. The molecule has 0 radical (unpaired) electrons. The van der Waals surface area contributed by atoms with Crippen LogP contribution in [0.5, 0.6) is 0 Å². The Morgan fingerprint density at radius 3 is 2.00 bits per heavy atom. The number of nitrogens with zero attached hydrogens (tertiary/aromatic N) is 3. The summed E-state index contributed by atoms with van der Waals surface area (Å²) in [5.41, 5.74) is 9.50. The molecule has 0 aliphatic rings. The molecule has 2 aromatic rings. The molecule has 0 unspecified atom stereocenters. The molecule has 0 bridgehead atoms. The van der Waals surface area contributed by atoms with E-state index in [1.165, 1.54) is 17.0 Å². The molecule has 2 heterocycles. The summed E-state index contributed by atoms with van der Waals surface area (Å²) >= 11 is 1.68. The van der Waals surface area contributed by atoms with Gasteiger partial charge in [-0.15, -0.1) is 0 Å². The van der Waals surface area contributed by atoms with E-state index in [1.54, 1.807) is 11.3 Å². The lowest BCUT2D eigenvalue weighted by Gasteiger charge is -2.26. The van der Waals surface area contributed by atoms with Crippen LogP contribution in [0, 0.1) is 6.92 Å². The first-order valence-electron chi connectivity index (χ1n) is 8.64. The fourth-order valence-corrected chi connectivity index (χ4v) is 3.64.